The third-order valence-electron chi connectivity index (χ3n) is 4.20. The lowest BCUT2D eigenvalue weighted by atomic mass is 9.96. The Balaban J connectivity index is 0.00000264. The molecule has 0 aromatic carbocycles. The van der Waals surface area contributed by atoms with Crippen molar-refractivity contribution >= 4 is 18.3 Å². The second kappa shape index (κ2) is 9.88. The van der Waals surface area contributed by atoms with E-state index in [2.05, 4.69) is 22.4 Å². The minimum Gasteiger partial charge on any atom is -0.343 e. The Morgan fingerprint density at radius 2 is 2.09 bits per heavy atom. The number of hydrogen-bond donors (Lipinski definition) is 1. The van der Waals surface area contributed by atoms with E-state index in [1.54, 1.807) is 0 Å². The second-order valence-electron chi connectivity index (χ2n) is 6.33. The van der Waals surface area contributed by atoms with Gasteiger partial charge in [0.05, 0.1) is 0 Å². The summed E-state index contributed by atoms with van der Waals surface area (Å²) in [5, 5.41) is 7.32. The normalized spacial score (nSPS) is 15.7. The fourth-order valence-corrected chi connectivity index (χ4v) is 2.71. The van der Waals surface area contributed by atoms with Crippen molar-refractivity contribution in [1.29, 1.82) is 0 Å². The summed E-state index contributed by atoms with van der Waals surface area (Å²) in [5.41, 5.74) is 0. The molecule has 7 heteroatoms. The van der Waals surface area contributed by atoms with E-state index in [0.717, 1.165) is 39.0 Å². The Bertz CT molecular complexity index is 470. The maximum Gasteiger partial charge on any atom is 0.227 e. The number of rotatable bonds is 7. The first-order valence-electron chi connectivity index (χ1n) is 8.41. The van der Waals surface area contributed by atoms with Crippen LogP contribution in [0.5, 0.6) is 0 Å². The largest absolute Gasteiger partial charge is 0.343 e. The monoisotopic (exact) mass is 344 g/mol. The number of carbonyl (C=O) groups excluding carboxylic acids is 1. The van der Waals surface area contributed by atoms with Gasteiger partial charge in [0.2, 0.25) is 11.8 Å². The summed E-state index contributed by atoms with van der Waals surface area (Å²) in [5.74, 6) is 2.44. The van der Waals surface area contributed by atoms with Crippen molar-refractivity contribution in [3.05, 3.63) is 11.7 Å². The summed E-state index contributed by atoms with van der Waals surface area (Å²) < 4.78 is 5.18. The number of aromatic nitrogens is 2. The molecule has 1 aliphatic heterocycles. The molecule has 1 amide bonds. The quantitative estimate of drug-likeness (QED) is 0.822. The van der Waals surface area contributed by atoms with E-state index >= 15 is 0 Å². The lowest BCUT2D eigenvalue weighted by molar-refractivity contribution is -0.132. The summed E-state index contributed by atoms with van der Waals surface area (Å²) in [7, 11) is 0. The second-order valence-corrected chi connectivity index (χ2v) is 6.33. The maximum absolute atomic E-state index is 12.3. The summed E-state index contributed by atoms with van der Waals surface area (Å²) >= 11 is 0. The van der Waals surface area contributed by atoms with Crippen LogP contribution in [0.25, 0.3) is 0 Å². The van der Waals surface area contributed by atoms with E-state index in [1.807, 2.05) is 18.7 Å². The first-order valence-corrected chi connectivity index (χ1v) is 8.41. The van der Waals surface area contributed by atoms with E-state index < -0.39 is 0 Å². The minimum atomic E-state index is 0. The summed E-state index contributed by atoms with van der Waals surface area (Å²) in [4.78, 5) is 18.5. The Morgan fingerprint density at radius 1 is 1.39 bits per heavy atom. The molecule has 0 spiro atoms. The highest BCUT2D eigenvalue weighted by molar-refractivity contribution is 5.85. The number of nitrogens with zero attached hydrogens (tertiary/aromatic N) is 3. The van der Waals surface area contributed by atoms with E-state index in [4.69, 9.17) is 4.52 Å². The first-order chi connectivity index (χ1) is 10.6. The number of hydrogen-bond acceptors (Lipinski definition) is 5. The smallest absolute Gasteiger partial charge is 0.227 e. The number of nitrogens with one attached hydrogen (secondary N) is 1. The van der Waals surface area contributed by atoms with Gasteiger partial charge in [-0.3, -0.25) is 4.79 Å². The average molecular weight is 345 g/mol. The van der Waals surface area contributed by atoms with Crippen molar-refractivity contribution in [2.75, 3.05) is 26.2 Å². The standard InChI is InChI=1S/C16H28N4O2.ClH/c1-4-17-11-13-7-9-20(10-8-13)15(21)6-5-14-18-16(12(2)3)19-22-14;/h12-13,17H,4-11H2,1-3H3;1H. The van der Waals surface area contributed by atoms with Gasteiger partial charge in [-0.2, -0.15) is 4.98 Å². The molecule has 132 valence electrons. The van der Waals surface area contributed by atoms with Crippen molar-refractivity contribution in [2.45, 2.75) is 52.4 Å². The molecule has 23 heavy (non-hydrogen) atoms. The van der Waals surface area contributed by atoms with Crippen LogP contribution < -0.4 is 5.32 Å². The van der Waals surface area contributed by atoms with E-state index in [9.17, 15) is 4.79 Å². The number of likely N-dealkylation sites (tertiary alicyclic amines) is 1. The summed E-state index contributed by atoms with van der Waals surface area (Å²) in [6.45, 7) is 10.0. The highest BCUT2D eigenvalue weighted by Gasteiger charge is 2.22. The third-order valence-corrected chi connectivity index (χ3v) is 4.20. The van der Waals surface area contributed by atoms with Gasteiger partial charge in [-0.1, -0.05) is 25.9 Å². The molecule has 2 rings (SSSR count). The number of aryl methyl sites for hydroxylation is 1. The maximum atomic E-state index is 12.3. The number of piperidine rings is 1. The lowest BCUT2D eigenvalue weighted by Crippen LogP contribution is -2.40. The Kier molecular flexibility index (Phi) is 8.55. The first kappa shape index (κ1) is 19.9. The summed E-state index contributed by atoms with van der Waals surface area (Å²) in [6, 6.07) is 0. The van der Waals surface area contributed by atoms with Gasteiger partial charge < -0.3 is 14.7 Å². The topological polar surface area (TPSA) is 71.3 Å². The van der Waals surface area contributed by atoms with Crippen molar-refractivity contribution in [2.24, 2.45) is 5.92 Å². The SMILES string of the molecule is CCNCC1CCN(C(=O)CCc2nc(C(C)C)no2)CC1.Cl. The Labute approximate surface area is 144 Å². The van der Waals surface area contributed by atoms with Crippen LogP contribution in [0.4, 0.5) is 0 Å². The van der Waals surface area contributed by atoms with Crippen molar-refractivity contribution in [3.8, 4) is 0 Å². The minimum absolute atomic E-state index is 0. The highest BCUT2D eigenvalue weighted by Crippen LogP contribution is 2.18. The van der Waals surface area contributed by atoms with Gasteiger partial charge in [-0.25, -0.2) is 0 Å². The molecule has 0 unspecified atom stereocenters. The van der Waals surface area contributed by atoms with Gasteiger partial charge >= 0.3 is 0 Å². The van der Waals surface area contributed by atoms with E-state index in [0.29, 0.717) is 30.5 Å². The molecular weight excluding hydrogens is 316 g/mol. The van der Waals surface area contributed by atoms with Crippen LogP contribution in [0, 0.1) is 5.92 Å². The zero-order chi connectivity index (χ0) is 15.9. The molecule has 0 bridgehead atoms. The zero-order valence-corrected chi connectivity index (χ0v) is 15.2. The number of amides is 1. The van der Waals surface area contributed by atoms with Gasteiger partial charge in [-0.15, -0.1) is 12.4 Å². The predicted octanol–water partition coefficient (Wildman–Crippen LogP) is 2.40. The van der Waals surface area contributed by atoms with Crippen LogP contribution in [0.15, 0.2) is 4.52 Å². The number of halogens is 1. The molecule has 0 atom stereocenters. The van der Waals surface area contributed by atoms with Gasteiger partial charge in [-0.05, 0) is 31.8 Å². The van der Waals surface area contributed by atoms with Crippen LogP contribution in [0.2, 0.25) is 0 Å². The molecule has 1 aromatic heterocycles. The molecule has 6 nitrogen and oxygen atoms in total. The van der Waals surface area contributed by atoms with Crippen LogP contribution in [0.1, 0.15) is 57.7 Å². The van der Waals surface area contributed by atoms with Crippen molar-refractivity contribution in [3.63, 3.8) is 0 Å². The molecule has 1 aromatic rings. The third kappa shape index (κ3) is 6.11. The van der Waals surface area contributed by atoms with Gasteiger partial charge in [0.15, 0.2) is 5.82 Å². The van der Waals surface area contributed by atoms with Gasteiger partial charge in [0, 0.05) is 31.8 Å². The van der Waals surface area contributed by atoms with Crippen LogP contribution in [-0.4, -0.2) is 47.1 Å². The zero-order valence-electron chi connectivity index (χ0n) is 14.4. The van der Waals surface area contributed by atoms with Crippen LogP contribution >= 0.6 is 12.4 Å². The Morgan fingerprint density at radius 3 is 2.65 bits per heavy atom. The van der Waals surface area contributed by atoms with Crippen LogP contribution in [0.3, 0.4) is 0 Å². The molecular formula is C16H29ClN4O2. The van der Waals surface area contributed by atoms with Gasteiger partial charge in [0.1, 0.15) is 0 Å². The molecule has 0 saturated carbocycles. The predicted molar refractivity (Wildman–Crippen MR) is 91.8 cm³/mol. The van der Waals surface area contributed by atoms with Crippen molar-refractivity contribution in [1.82, 2.24) is 20.4 Å². The van der Waals surface area contributed by atoms with E-state index in [-0.39, 0.29) is 24.2 Å². The summed E-state index contributed by atoms with van der Waals surface area (Å²) in [6.07, 6.45) is 3.18. The molecule has 1 fully saturated rings. The molecule has 0 aliphatic carbocycles. The molecule has 1 saturated heterocycles. The van der Waals surface area contributed by atoms with Crippen LogP contribution in [-0.2, 0) is 11.2 Å². The van der Waals surface area contributed by atoms with E-state index in [1.165, 1.54) is 0 Å². The molecule has 0 radical (unpaired) electrons. The fraction of sp³-hybridized carbons (Fsp3) is 0.812. The fourth-order valence-electron chi connectivity index (χ4n) is 2.71. The molecule has 1 aliphatic rings. The van der Waals surface area contributed by atoms with Crippen molar-refractivity contribution < 1.29 is 9.32 Å². The Hall–Kier alpha value is -1.14. The molecule has 2 heterocycles. The van der Waals surface area contributed by atoms with Gasteiger partial charge in [0.25, 0.3) is 0 Å². The lowest BCUT2D eigenvalue weighted by Gasteiger charge is -2.32. The molecule has 1 N–H and O–H groups in total. The average Bonchev–Trinajstić information content (AvgIpc) is 3.00. The highest BCUT2D eigenvalue weighted by atomic mass is 35.5. The number of carbonyl (C=O) groups is 1.